The lowest BCUT2D eigenvalue weighted by Crippen LogP contribution is -2.41. The van der Waals surface area contributed by atoms with E-state index in [9.17, 15) is 4.79 Å². The van der Waals surface area contributed by atoms with Gasteiger partial charge in [0.05, 0.1) is 5.69 Å². The first-order chi connectivity index (χ1) is 10.1. The van der Waals surface area contributed by atoms with Gasteiger partial charge in [-0.1, -0.05) is 6.07 Å². The largest absolute Gasteiger partial charge is 0.345 e. The van der Waals surface area contributed by atoms with Crippen LogP contribution in [0.4, 0.5) is 16.2 Å². The molecule has 1 heterocycles. The first-order valence-electron chi connectivity index (χ1n) is 5.96. The molecule has 21 heavy (non-hydrogen) atoms. The number of nitriles is 3. The van der Waals surface area contributed by atoms with E-state index < -0.39 is 0 Å². The van der Waals surface area contributed by atoms with E-state index in [0.717, 1.165) is 5.56 Å². The van der Waals surface area contributed by atoms with Gasteiger partial charge in [-0.2, -0.15) is 15.8 Å². The third-order valence-electron chi connectivity index (χ3n) is 3.04. The van der Waals surface area contributed by atoms with Crippen molar-refractivity contribution in [3.05, 3.63) is 35.0 Å². The molecule has 2 amide bonds. The van der Waals surface area contributed by atoms with Gasteiger partial charge in [0, 0.05) is 19.3 Å². The summed E-state index contributed by atoms with van der Waals surface area (Å²) in [7, 11) is 1.63. The topological polar surface area (TPSA) is 116 Å². The lowest BCUT2D eigenvalue weighted by atomic mass is 10.1. The fourth-order valence-electron chi connectivity index (χ4n) is 1.93. The summed E-state index contributed by atoms with van der Waals surface area (Å²) in [6, 6.07) is 10.1. The van der Waals surface area contributed by atoms with Crippen LogP contribution >= 0.6 is 0 Å². The molecule has 0 aliphatic carbocycles. The van der Waals surface area contributed by atoms with Gasteiger partial charge >= 0.3 is 6.03 Å². The maximum Gasteiger partial charge on any atom is 0.321 e. The number of nitrogens with one attached hydrogen (secondary N) is 2. The Morgan fingerprint density at radius 3 is 2.62 bits per heavy atom. The molecule has 0 bridgehead atoms. The first-order valence-corrected chi connectivity index (χ1v) is 5.96. The molecule has 0 radical (unpaired) electrons. The van der Waals surface area contributed by atoms with Crippen molar-refractivity contribution in [3.8, 4) is 18.2 Å². The van der Waals surface area contributed by atoms with Crippen LogP contribution in [0.25, 0.3) is 0 Å². The molecule has 0 spiro atoms. The summed E-state index contributed by atoms with van der Waals surface area (Å²) < 4.78 is 0. The molecule has 7 heteroatoms. The number of hydrogen-bond donors (Lipinski definition) is 2. The molecule has 1 aromatic carbocycles. The summed E-state index contributed by atoms with van der Waals surface area (Å²) in [5.74, 6) is 0. The maximum atomic E-state index is 11.6. The van der Waals surface area contributed by atoms with Gasteiger partial charge in [0.2, 0.25) is 0 Å². The average Bonchev–Trinajstić information content (AvgIpc) is 2.51. The molecule has 7 nitrogen and oxygen atoms in total. The van der Waals surface area contributed by atoms with E-state index in [0.29, 0.717) is 17.9 Å². The van der Waals surface area contributed by atoms with E-state index in [1.54, 1.807) is 43.5 Å². The average molecular weight is 278 g/mol. The second-order valence-electron chi connectivity index (χ2n) is 4.27. The highest BCUT2D eigenvalue weighted by atomic mass is 16.2. The van der Waals surface area contributed by atoms with Gasteiger partial charge in [-0.25, -0.2) is 4.79 Å². The number of hydrogen-bond acceptors (Lipinski definition) is 5. The molecule has 1 aliphatic rings. The summed E-state index contributed by atoms with van der Waals surface area (Å²) in [6.45, 7) is 0.432. The van der Waals surface area contributed by atoms with Crippen molar-refractivity contribution in [1.29, 1.82) is 15.8 Å². The summed E-state index contributed by atoms with van der Waals surface area (Å²) in [5, 5.41) is 32.0. The molecule has 0 atom stereocenters. The van der Waals surface area contributed by atoms with Crippen LogP contribution in [0.2, 0.25) is 0 Å². The summed E-state index contributed by atoms with van der Waals surface area (Å²) in [4.78, 5) is 13.0. The number of carbonyl (C=O) groups is 1. The van der Waals surface area contributed by atoms with Crippen LogP contribution in [-0.4, -0.2) is 13.1 Å². The lowest BCUT2D eigenvalue weighted by molar-refractivity contribution is 0.246. The number of nitrogens with zero attached hydrogens (tertiary/aromatic N) is 4. The minimum Gasteiger partial charge on any atom is -0.345 e. The van der Waals surface area contributed by atoms with Crippen LogP contribution in [0.5, 0.6) is 0 Å². The van der Waals surface area contributed by atoms with Gasteiger partial charge in [0.25, 0.3) is 0 Å². The fourth-order valence-corrected chi connectivity index (χ4v) is 1.93. The molecule has 0 unspecified atom stereocenters. The van der Waals surface area contributed by atoms with Crippen molar-refractivity contribution >= 4 is 17.4 Å². The van der Waals surface area contributed by atoms with Gasteiger partial charge < -0.3 is 10.6 Å². The maximum absolute atomic E-state index is 11.6. The molecule has 0 saturated carbocycles. The lowest BCUT2D eigenvalue weighted by Gasteiger charge is -2.27. The smallest absolute Gasteiger partial charge is 0.321 e. The van der Waals surface area contributed by atoms with E-state index in [-0.39, 0.29) is 17.3 Å². The van der Waals surface area contributed by atoms with Gasteiger partial charge in [0.1, 0.15) is 23.9 Å². The minimum atomic E-state index is -0.290. The van der Waals surface area contributed by atoms with Gasteiger partial charge in [-0.3, -0.25) is 4.90 Å². The molecular weight excluding hydrogens is 268 g/mol. The highest BCUT2D eigenvalue weighted by molar-refractivity contribution is 5.95. The number of benzene rings is 1. The standard InChI is InChI=1S/C14H10N6O/c1-20-13-4-11(3-2-9(13)8-18-14(20)21)19-12(7-17)10(5-15)6-16/h2-4,19H,8H2,1H3,(H,18,21). The third-order valence-corrected chi connectivity index (χ3v) is 3.04. The molecular formula is C14H10N6O. The fraction of sp³-hybridized carbons (Fsp3) is 0.143. The van der Waals surface area contributed by atoms with E-state index in [2.05, 4.69) is 10.6 Å². The summed E-state index contributed by atoms with van der Waals surface area (Å²) >= 11 is 0. The van der Waals surface area contributed by atoms with Gasteiger partial charge in [0.15, 0.2) is 5.57 Å². The Labute approximate surface area is 121 Å². The van der Waals surface area contributed by atoms with Crippen molar-refractivity contribution < 1.29 is 4.79 Å². The van der Waals surface area contributed by atoms with Crippen molar-refractivity contribution in [3.63, 3.8) is 0 Å². The highest BCUT2D eigenvalue weighted by Gasteiger charge is 2.20. The molecule has 102 valence electrons. The minimum absolute atomic E-state index is 0.122. The van der Waals surface area contributed by atoms with Gasteiger partial charge in [-0.05, 0) is 17.7 Å². The Balaban J connectivity index is 2.39. The molecule has 0 fully saturated rings. The van der Waals surface area contributed by atoms with Crippen LogP contribution in [0.3, 0.4) is 0 Å². The predicted molar refractivity (Wildman–Crippen MR) is 74.6 cm³/mol. The van der Waals surface area contributed by atoms with E-state index in [4.69, 9.17) is 15.8 Å². The molecule has 1 aliphatic heterocycles. The Hall–Kier alpha value is -3.50. The van der Waals surface area contributed by atoms with Crippen molar-refractivity contribution in [2.24, 2.45) is 0 Å². The van der Waals surface area contributed by atoms with Gasteiger partial charge in [-0.15, -0.1) is 0 Å². The Morgan fingerprint density at radius 2 is 2.00 bits per heavy atom. The molecule has 2 N–H and O–H groups in total. The number of anilines is 2. The Morgan fingerprint density at radius 1 is 1.29 bits per heavy atom. The quantitative estimate of drug-likeness (QED) is 0.797. The van der Waals surface area contributed by atoms with Crippen LogP contribution in [0.15, 0.2) is 29.5 Å². The number of amides is 2. The van der Waals surface area contributed by atoms with Crippen molar-refractivity contribution in [1.82, 2.24) is 5.32 Å². The van der Waals surface area contributed by atoms with Crippen LogP contribution in [0.1, 0.15) is 5.56 Å². The number of allylic oxidation sites excluding steroid dienone is 2. The monoisotopic (exact) mass is 278 g/mol. The van der Waals surface area contributed by atoms with E-state index in [1.807, 2.05) is 0 Å². The molecule has 2 rings (SSSR count). The van der Waals surface area contributed by atoms with E-state index >= 15 is 0 Å². The predicted octanol–water partition coefficient (Wildman–Crippen LogP) is 1.58. The Bertz CT molecular complexity index is 743. The molecule has 1 aromatic rings. The second-order valence-corrected chi connectivity index (χ2v) is 4.27. The van der Waals surface area contributed by atoms with Crippen LogP contribution in [0, 0.1) is 34.0 Å². The zero-order chi connectivity index (χ0) is 15.4. The van der Waals surface area contributed by atoms with Crippen molar-refractivity contribution in [2.45, 2.75) is 6.54 Å². The SMILES string of the molecule is CN1C(=O)NCc2ccc(NC(C#N)=C(C#N)C#N)cc21. The number of fused-ring (bicyclic) bond motifs is 1. The second kappa shape index (κ2) is 5.64. The van der Waals surface area contributed by atoms with E-state index in [1.165, 1.54) is 4.90 Å². The molecule has 0 saturated heterocycles. The summed E-state index contributed by atoms with van der Waals surface area (Å²) in [5.41, 5.74) is 1.75. The Kier molecular flexibility index (Phi) is 3.74. The number of rotatable bonds is 2. The number of carbonyl (C=O) groups excluding carboxylic acids is 1. The van der Waals surface area contributed by atoms with Crippen molar-refractivity contribution in [2.75, 3.05) is 17.3 Å². The zero-order valence-electron chi connectivity index (χ0n) is 11.1. The first kappa shape index (κ1) is 13.9. The third kappa shape index (κ3) is 2.60. The zero-order valence-corrected chi connectivity index (χ0v) is 11.1. The normalized spacial score (nSPS) is 12.1. The number of urea groups is 1. The van der Waals surface area contributed by atoms with Crippen LogP contribution < -0.4 is 15.5 Å². The van der Waals surface area contributed by atoms with Crippen LogP contribution in [-0.2, 0) is 6.54 Å². The summed E-state index contributed by atoms with van der Waals surface area (Å²) in [6.07, 6.45) is 0. The highest BCUT2D eigenvalue weighted by Crippen LogP contribution is 2.27. The molecule has 0 aromatic heterocycles.